The van der Waals surface area contributed by atoms with Crippen LogP contribution in [0.3, 0.4) is 0 Å². The van der Waals surface area contributed by atoms with Crippen molar-refractivity contribution >= 4 is 31.2 Å². The largest absolute Gasteiger partial charge is 0.432 e. The van der Waals surface area contributed by atoms with Crippen LogP contribution in [0.5, 0.6) is 0 Å². The zero-order chi connectivity index (χ0) is 27.9. The highest BCUT2D eigenvalue weighted by atomic mass is 32.3. The molecule has 0 saturated carbocycles. The van der Waals surface area contributed by atoms with Crippen molar-refractivity contribution in [3.63, 3.8) is 0 Å². The summed E-state index contributed by atoms with van der Waals surface area (Å²) in [5.41, 5.74) is 0. The predicted molar refractivity (Wildman–Crippen MR) is 148 cm³/mol. The van der Waals surface area contributed by atoms with E-state index in [-0.39, 0.29) is 18.7 Å². The molecule has 0 atom stereocenters. The van der Waals surface area contributed by atoms with Crippen LogP contribution in [0.25, 0.3) is 0 Å². The third kappa shape index (κ3) is 27.2. The highest BCUT2D eigenvalue weighted by Crippen LogP contribution is 2.14. The van der Waals surface area contributed by atoms with E-state index in [2.05, 4.69) is 29.5 Å². The molecule has 0 unspecified atom stereocenters. The van der Waals surface area contributed by atoms with E-state index in [0.717, 1.165) is 51.4 Å². The average Bonchev–Trinajstić information content (AvgIpc) is 2.79. The fourth-order valence-corrected chi connectivity index (χ4v) is 6.64. The lowest BCUT2D eigenvalue weighted by Crippen LogP contribution is -2.23. The lowest BCUT2D eigenvalue weighted by atomic mass is 10.1. The molecule has 232 valence electrons. The van der Waals surface area contributed by atoms with Crippen LogP contribution in [0.15, 0.2) is 0 Å². The molecule has 0 heterocycles. The third-order valence-corrected chi connectivity index (χ3v) is 9.36. The van der Waals surface area contributed by atoms with Gasteiger partial charge in [-0.05, 0) is 12.8 Å². The molecule has 2 N–H and O–H groups in total. The maximum Gasteiger partial charge on any atom is 0.432 e. The summed E-state index contributed by atoms with van der Waals surface area (Å²) in [6.45, 7) is 3.78. The minimum absolute atomic E-state index is 0. The maximum atomic E-state index is 11.7. The van der Waals surface area contributed by atoms with Crippen LogP contribution in [0.4, 0.5) is 0 Å². The van der Waals surface area contributed by atoms with Crippen LogP contribution >= 0.6 is 0 Å². The summed E-state index contributed by atoms with van der Waals surface area (Å²) in [5, 5.41) is 0. The van der Waals surface area contributed by atoms with Crippen LogP contribution < -0.4 is 0 Å². The first-order valence-electron chi connectivity index (χ1n) is 14.0. The summed E-state index contributed by atoms with van der Waals surface area (Å²) in [6, 6.07) is 0. The van der Waals surface area contributed by atoms with Crippen LogP contribution in [0.2, 0.25) is 0 Å². The summed E-state index contributed by atoms with van der Waals surface area (Å²) >= 11 is 0. The van der Waals surface area contributed by atoms with Gasteiger partial charge in [0.05, 0.1) is 13.2 Å². The lowest BCUT2D eigenvalue weighted by molar-refractivity contribution is 0.244. The SMILES string of the molecule is CCCCCCCCCCCCOS(=O)(=O)OS(=O)(=O)OS(=O)(=O)OCCCCCCCCCCCC.O. The van der Waals surface area contributed by atoms with Gasteiger partial charge in [-0.15, -0.1) is 0 Å². The zero-order valence-corrected chi connectivity index (χ0v) is 25.8. The fourth-order valence-electron chi connectivity index (χ4n) is 3.76. The topological polar surface area (TPSA) is 171 Å². The van der Waals surface area contributed by atoms with Crippen molar-refractivity contribution in [1.82, 2.24) is 0 Å². The van der Waals surface area contributed by atoms with Crippen LogP contribution in [-0.2, 0) is 46.8 Å². The first-order chi connectivity index (χ1) is 17.5. The van der Waals surface area contributed by atoms with Gasteiger partial charge in [0.1, 0.15) is 0 Å². The minimum Gasteiger partial charge on any atom is -0.412 e. The van der Waals surface area contributed by atoms with E-state index in [1.165, 1.54) is 64.2 Å². The minimum atomic E-state index is -5.45. The highest BCUT2D eigenvalue weighted by molar-refractivity contribution is 8.00. The molecule has 14 heteroatoms. The molecule has 0 spiro atoms. The van der Waals surface area contributed by atoms with Crippen LogP contribution in [0.1, 0.15) is 142 Å². The van der Waals surface area contributed by atoms with E-state index in [0.29, 0.717) is 12.8 Å². The Morgan fingerprint density at radius 1 is 0.368 bits per heavy atom. The van der Waals surface area contributed by atoms with Crippen LogP contribution in [0, 0.1) is 0 Å². The average molecular weight is 613 g/mol. The Morgan fingerprint density at radius 3 is 0.868 bits per heavy atom. The summed E-state index contributed by atoms with van der Waals surface area (Å²) in [5.74, 6) is 0. The van der Waals surface area contributed by atoms with Crippen molar-refractivity contribution in [3.05, 3.63) is 0 Å². The van der Waals surface area contributed by atoms with Gasteiger partial charge < -0.3 is 5.48 Å². The summed E-state index contributed by atoms with van der Waals surface area (Å²) in [6.07, 6.45) is 20.6. The number of hydrogen-bond acceptors (Lipinski definition) is 10. The first kappa shape index (κ1) is 39.8. The monoisotopic (exact) mass is 612 g/mol. The third-order valence-electron chi connectivity index (χ3n) is 5.78. The van der Waals surface area contributed by atoms with Crippen molar-refractivity contribution < 1.29 is 46.4 Å². The summed E-state index contributed by atoms with van der Waals surface area (Å²) < 4.78 is 86.8. The molecule has 0 aromatic heterocycles. The van der Waals surface area contributed by atoms with Gasteiger partial charge in [-0.3, -0.25) is 0 Å². The zero-order valence-electron chi connectivity index (χ0n) is 23.4. The second-order valence-corrected chi connectivity index (χ2v) is 13.4. The van der Waals surface area contributed by atoms with Crippen molar-refractivity contribution in [1.29, 1.82) is 0 Å². The molecular formula is C24H52O11S3. The normalized spacial score (nSPS) is 12.5. The number of unbranched alkanes of at least 4 members (excludes halogenated alkanes) is 18. The standard InChI is InChI=1S/C24H50O10S3.H2O/c1-3-5-7-9-11-13-15-17-19-21-23-31-35(25,26)33-37(29,30)34-36(27,28)32-24-22-20-18-16-14-12-10-8-6-4-2;/h3-24H2,1-2H3;1H2. The highest BCUT2D eigenvalue weighted by Gasteiger charge is 2.31. The van der Waals surface area contributed by atoms with Gasteiger partial charge in [0.25, 0.3) is 0 Å². The van der Waals surface area contributed by atoms with Gasteiger partial charge in [-0.25, -0.2) is 8.37 Å². The smallest absolute Gasteiger partial charge is 0.412 e. The predicted octanol–water partition coefficient (Wildman–Crippen LogP) is 5.80. The summed E-state index contributed by atoms with van der Waals surface area (Å²) in [7, 11) is -15.5. The molecule has 0 aliphatic rings. The van der Waals surface area contributed by atoms with Crippen molar-refractivity contribution in [2.24, 2.45) is 0 Å². The second-order valence-electron chi connectivity index (χ2n) is 9.37. The van der Waals surface area contributed by atoms with Crippen LogP contribution in [-0.4, -0.2) is 43.9 Å². The Balaban J connectivity index is 0. The van der Waals surface area contributed by atoms with Crippen molar-refractivity contribution in [2.75, 3.05) is 13.2 Å². The Kier molecular flexibility index (Phi) is 25.6. The van der Waals surface area contributed by atoms with E-state index in [9.17, 15) is 25.3 Å². The Hall–Kier alpha value is -0.350. The second kappa shape index (κ2) is 24.4. The molecule has 0 radical (unpaired) electrons. The van der Waals surface area contributed by atoms with Gasteiger partial charge >= 0.3 is 31.2 Å². The molecule has 0 aromatic carbocycles. The Morgan fingerprint density at radius 2 is 0.605 bits per heavy atom. The molecule has 0 saturated heterocycles. The number of hydrogen-bond donors (Lipinski definition) is 0. The molecule has 0 aliphatic heterocycles. The van der Waals surface area contributed by atoms with E-state index in [1.807, 2.05) is 0 Å². The molecule has 0 amide bonds. The Bertz CT molecular complexity index is 778. The van der Waals surface area contributed by atoms with E-state index >= 15 is 0 Å². The van der Waals surface area contributed by atoms with Crippen molar-refractivity contribution in [2.45, 2.75) is 142 Å². The quantitative estimate of drug-likeness (QED) is 0.0982. The molecule has 0 fully saturated rings. The summed E-state index contributed by atoms with van der Waals surface area (Å²) in [4.78, 5) is 0. The molecule has 11 nitrogen and oxygen atoms in total. The number of rotatable bonds is 28. The van der Waals surface area contributed by atoms with E-state index in [4.69, 9.17) is 0 Å². The molecule has 0 aromatic rings. The van der Waals surface area contributed by atoms with Gasteiger partial charge in [0.2, 0.25) is 0 Å². The molecule has 0 bridgehead atoms. The molecular weight excluding hydrogens is 560 g/mol. The van der Waals surface area contributed by atoms with Crippen molar-refractivity contribution in [3.8, 4) is 0 Å². The maximum absolute atomic E-state index is 11.7. The van der Waals surface area contributed by atoms with E-state index in [1.54, 1.807) is 0 Å². The molecule has 0 aliphatic carbocycles. The van der Waals surface area contributed by atoms with E-state index < -0.39 is 31.2 Å². The fraction of sp³-hybridized carbons (Fsp3) is 1.00. The van der Waals surface area contributed by atoms with Gasteiger partial charge in [-0.1, -0.05) is 137 Å². The molecule has 38 heavy (non-hydrogen) atoms. The first-order valence-corrected chi connectivity index (χ1v) is 18.0. The lowest BCUT2D eigenvalue weighted by Gasteiger charge is -2.07. The Labute approximate surface area is 232 Å². The van der Waals surface area contributed by atoms with Gasteiger partial charge in [0, 0.05) is 0 Å². The van der Waals surface area contributed by atoms with Gasteiger partial charge in [-0.2, -0.15) is 25.3 Å². The van der Waals surface area contributed by atoms with Gasteiger partial charge in [0.15, 0.2) is 0 Å². The molecule has 0 rings (SSSR count).